The molecule has 0 fully saturated rings. The van der Waals surface area contributed by atoms with Gasteiger partial charge in [0.05, 0.1) is 5.92 Å². The maximum atomic E-state index is 12.8. The number of nitrogens with two attached hydrogens (primary N) is 1. The summed E-state index contributed by atoms with van der Waals surface area (Å²) >= 11 is 0. The molecule has 0 spiro atoms. The lowest BCUT2D eigenvalue weighted by Gasteiger charge is -2.31. The number of carbonyl (C=O) groups excluding carboxylic acids is 1. The van der Waals surface area contributed by atoms with Crippen molar-refractivity contribution in [1.82, 2.24) is 0 Å². The highest BCUT2D eigenvalue weighted by Gasteiger charge is 2.33. The third-order valence-corrected chi connectivity index (χ3v) is 6.21. The van der Waals surface area contributed by atoms with Gasteiger partial charge in [0.15, 0.2) is 0 Å². The number of primary amides is 1. The lowest BCUT2D eigenvalue weighted by atomic mass is 9.73. The van der Waals surface area contributed by atoms with Crippen molar-refractivity contribution >= 4 is 5.91 Å². The fourth-order valence-corrected chi connectivity index (χ4v) is 4.48. The molecule has 3 nitrogen and oxygen atoms in total. The molecule has 0 saturated carbocycles. The molecule has 1 amide bonds. The summed E-state index contributed by atoms with van der Waals surface area (Å²) in [4.78, 5) is 12.8. The first-order chi connectivity index (χ1) is 16.1. The number of hydrogen-bond donors (Lipinski definition) is 1. The van der Waals surface area contributed by atoms with Gasteiger partial charge in [0.25, 0.3) is 0 Å². The normalized spacial score (nSPS) is 13.6. The maximum Gasteiger partial charge on any atom is 0.221 e. The standard InChI is InChI=1S/C30H29NO2/c1-22(24-13-7-3-8-14-24)29(30(31)32)28(21-23-11-5-2-6-12-23)25-17-19-27(20-18-25)33-26-15-9-4-10-16-26/h2-20,22,28-29H,21H2,1H3,(H2,31,32). The molecule has 0 aliphatic carbocycles. The van der Waals surface area contributed by atoms with Gasteiger partial charge in [-0.1, -0.05) is 97.9 Å². The summed E-state index contributed by atoms with van der Waals surface area (Å²) in [7, 11) is 0. The SMILES string of the molecule is CC(c1ccccc1)C(C(N)=O)C(Cc1ccccc1)c1ccc(Oc2ccccc2)cc1. The molecule has 0 radical (unpaired) electrons. The lowest BCUT2D eigenvalue weighted by molar-refractivity contribution is -0.123. The Morgan fingerprint density at radius 1 is 0.697 bits per heavy atom. The summed E-state index contributed by atoms with van der Waals surface area (Å²) in [5.74, 6) is 0.836. The summed E-state index contributed by atoms with van der Waals surface area (Å²) in [5, 5.41) is 0. The monoisotopic (exact) mass is 435 g/mol. The van der Waals surface area contributed by atoms with E-state index in [1.807, 2.05) is 78.9 Å². The summed E-state index contributed by atoms with van der Waals surface area (Å²) < 4.78 is 5.96. The molecule has 0 saturated heterocycles. The molecule has 4 aromatic carbocycles. The van der Waals surface area contributed by atoms with Crippen LogP contribution in [0.2, 0.25) is 0 Å². The molecule has 4 rings (SSSR count). The van der Waals surface area contributed by atoms with E-state index in [4.69, 9.17) is 10.5 Å². The van der Waals surface area contributed by atoms with E-state index in [1.54, 1.807) is 0 Å². The first kappa shape index (κ1) is 22.3. The van der Waals surface area contributed by atoms with E-state index in [1.165, 1.54) is 5.56 Å². The zero-order valence-corrected chi connectivity index (χ0v) is 18.8. The van der Waals surface area contributed by atoms with Crippen LogP contribution in [-0.4, -0.2) is 5.91 Å². The smallest absolute Gasteiger partial charge is 0.221 e. The predicted octanol–water partition coefficient (Wildman–Crippen LogP) is 6.71. The highest BCUT2D eigenvalue weighted by Crippen LogP contribution is 2.39. The van der Waals surface area contributed by atoms with Gasteiger partial charge in [-0.05, 0) is 53.3 Å². The van der Waals surface area contributed by atoms with Crippen molar-refractivity contribution in [3.63, 3.8) is 0 Å². The number of hydrogen-bond acceptors (Lipinski definition) is 2. The predicted molar refractivity (Wildman–Crippen MR) is 133 cm³/mol. The third kappa shape index (κ3) is 5.69. The summed E-state index contributed by atoms with van der Waals surface area (Å²) in [6, 6.07) is 38.2. The number of ether oxygens (including phenoxy) is 1. The van der Waals surface area contributed by atoms with Gasteiger partial charge in [0, 0.05) is 5.92 Å². The molecule has 0 aromatic heterocycles. The second-order valence-corrected chi connectivity index (χ2v) is 8.41. The Morgan fingerprint density at radius 3 is 1.79 bits per heavy atom. The van der Waals surface area contributed by atoms with Gasteiger partial charge in [-0.15, -0.1) is 0 Å². The second kappa shape index (κ2) is 10.6. The molecule has 0 heterocycles. The van der Waals surface area contributed by atoms with Gasteiger partial charge in [-0.3, -0.25) is 4.79 Å². The van der Waals surface area contributed by atoms with Crippen LogP contribution in [0.3, 0.4) is 0 Å². The van der Waals surface area contributed by atoms with Crippen molar-refractivity contribution in [2.24, 2.45) is 11.7 Å². The van der Waals surface area contributed by atoms with E-state index in [-0.39, 0.29) is 23.7 Å². The molecule has 33 heavy (non-hydrogen) atoms. The van der Waals surface area contributed by atoms with Crippen LogP contribution in [0.25, 0.3) is 0 Å². The van der Waals surface area contributed by atoms with Gasteiger partial charge in [0.1, 0.15) is 11.5 Å². The van der Waals surface area contributed by atoms with Crippen LogP contribution in [0.15, 0.2) is 115 Å². The summed E-state index contributed by atoms with van der Waals surface area (Å²) in [6.07, 6.45) is 0.727. The van der Waals surface area contributed by atoms with Gasteiger partial charge in [-0.25, -0.2) is 0 Å². The number of carbonyl (C=O) groups is 1. The molecule has 4 aromatic rings. The van der Waals surface area contributed by atoms with Gasteiger partial charge < -0.3 is 10.5 Å². The molecule has 2 N–H and O–H groups in total. The van der Waals surface area contributed by atoms with E-state index in [9.17, 15) is 4.79 Å². The van der Waals surface area contributed by atoms with Crippen molar-refractivity contribution in [3.8, 4) is 11.5 Å². The zero-order chi connectivity index (χ0) is 23.0. The molecule has 0 aliphatic heterocycles. The van der Waals surface area contributed by atoms with Crippen LogP contribution in [0.4, 0.5) is 0 Å². The lowest BCUT2D eigenvalue weighted by Crippen LogP contribution is -2.34. The van der Waals surface area contributed by atoms with Gasteiger partial charge >= 0.3 is 0 Å². The van der Waals surface area contributed by atoms with Crippen molar-refractivity contribution in [2.75, 3.05) is 0 Å². The minimum Gasteiger partial charge on any atom is -0.457 e. The highest BCUT2D eigenvalue weighted by molar-refractivity contribution is 5.79. The first-order valence-electron chi connectivity index (χ1n) is 11.3. The third-order valence-electron chi connectivity index (χ3n) is 6.21. The van der Waals surface area contributed by atoms with Crippen molar-refractivity contribution in [3.05, 3.63) is 132 Å². The van der Waals surface area contributed by atoms with Gasteiger partial charge in [0.2, 0.25) is 5.91 Å². The molecule has 0 bridgehead atoms. The molecular formula is C30H29NO2. The van der Waals surface area contributed by atoms with E-state index in [2.05, 4.69) is 43.3 Å². The quantitative estimate of drug-likeness (QED) is 0.318. The Kier molecular flexibility index (Phi) is 7.21. The summed E-state index contributed by atoms with van der Waals surface area (Å²) in [5.41, 5.74) is 9.40. The van der Waals surface area contributed by atoms with Gasteiger partial charge in [-0.2, -0.15) is 0 Å². The summed E-state index contributed by atoms with van der Waals surface area (Å²) in [6.45, 7) is 2.09. The van der Waals surface area contributed by atoms with Crippen LogP contribution < -0.4 is 10.5 Å². The molecule has 0 aliphatic rings. The minimum absolute atomic E-state index is 0.0161. The molecule has 3 atom stereocenters. The van der Waals surface area contributed by atoms with Crippen LogP contribution in [-0.2, 0) is 11.2 Å². The van der Waals surface area contributed by atoms with E-state index < -0.39 is 0 Å². The number of benzene rings is 4. The Bertz CT molecular complexity index is 1140. The number of rotatable bonds is 9. The fourth-order valence-electron chi connectivity index (χ4n) is 4.48. The van der Waals surface area contributed by atoms with Crippen LogP contribution in [0, 0.1) is 5.92 Å². The fraction of sp³-hybridized carbons (Fsp3) is 0.167. The topological polar surface area (TPSA) is 52.3 Å². The average Bonchev–Trinajstić information content (AvgIpc) is 2.86. The Balaban J connectivity index is 1.67. The Morgan fingerprint density at radius 2 is 1.21 bits per heavy atom. The van der Waals surface area contributed by atoms with Crippen LogP contribution in [0.1, 0.15) is 35.4 Å². The minimum atomic E-state index is -0.353. The average molecular weight is 436 g/mol. The molecular weight excluding hydrogens is 406 g/mol. The zero-order valence-electron chi connectivity index (χ0n) is 18.8. The van der Waals surface area contributed by atoms with E-state index in [0.717, 1.165) is 29.0 Å². The Hall–Kier alpha value is -3.85. The second-order valence-electron chi connectivity index (χ2n) is 8.41. The number of para-hydroxylation sites is 1. The Labute approximate surface area is 195 Å². The first-order valence-corrected chi connectivity index (χ1v) is 11.3. The van der Waals surface area contributed by atoms with Crippen LogP contribution in [0.5, 0.6) is 11.5 Å². The van der Waals surface area contributed by atoms with Crippen LogP contribution >= 0.6 is 0 Å². The van der Waals surface area contributed by atoms with E-state index >= 15 is 0 Å². The highest BCUT2D eigenvalue weighted by atomic mass is 16.5. The number of amides is 1. The molecule has 3 unspecified atom stereocenters. The van der Waals surface area contributed by atoms with E-state index in [0.29, 0.717) is 0 Å². The van der Waals surface area contributed by atoms with Crippen molar-refractivity contribution < 1.29 is 9.53 Å². The van der Waals surface area contributed by atoms with Crippen molar-refractivity contribution in [1.29, 1.82) is 0 Å². The van der Waals surface area contributed by atoms with Crippen molar-refractivity contribution in [2.45, 2.75) is 25.2 Å². The largest absolute Gasteiger partial charge is 0.457 e. The molecule has 166 valence electrons. The molecule has 3 heteroatoms. The maximum absolute atomic E-state index is 12.8.